The smallest absolute Gasteiger partial charge is 0.305 e. The Morgan fingerprint density at radius 1 is 1.33 bits per heavy atom. The molecular formula is C9H15NO4S. The highest BCUT2D eigenvalue weighted by Crippen LogP contribution is 2.02. The van der Waals surface area contributed by atoms with Crippen LogP contribution in [-0.2, 0) is 19.4 Å². The van der Waals surface area contributed by atoms with Gasteiger partial charge in [-0.25, -0.2) is 8.42 Å². The van der Waals surface area contributed by atoms with Crippen LogP contribution in [0.2, 0.25) is 0 Å². The molecule has 0 aromatic rings. The maximum atomic E-state index is 11.3. The highest BCUT2D eigenvalue weighted by atomic mass is 32.2. The Bertz CT molecular complexity index is 329. The predicted molar refractivity (Wildman–Crippen MR) is 54.8 cm³/mol. The summed E-state index contributed by atoms with van der Waals surface area (Å²) in [6.45, 7) is 0. The molecule has 0 aromatic carbocycles. The highest BCUT2D eigenvalue weighted by molar-refractivity contribution is 7.91. The molecule has 0 rings (SSSR count). The average Bonchev–Trinajstić information content (AvgIpc) is 2.17. The minimum absolute atomic E-state index is 0.0156. The summed E-state index contributed by atoms with van der Waals surface area (Å²) in [5.41, 5.74) is 0. The molecule has 0 fully saturated rings. The summed E-state index contributed by atoms with van der Waals surface area (Å²) in [6.07, 6.45) is 1.00. The first kappa shape index (κ1) is 13.9. The van der Waals surface area contributed by atoms with E-state index >= 15 is 0 Å². The molecular weight excluding hydrogens is 218 g/mol. The Morgan fingerprint density at radius 2 is 1.93 bits per heavy atom. The van der Waals surface area contributed by atoms with Crippen LogP contribution in [0, 0.1) is 11.3 Å². The third kappa shape index (κ3) is 7.94. The molecule has 0 heterocycles. The van der Waals surface area contributed by atoms with E-state index in [1.54, 1.807) is 0 Å². The molecule has 5 nitrogen and oxygen atoms in total. The zero-order chi connectivity index (χ0) is 11.7. The highest BCUT2D eigenvalue weighted by Gasteiger charge is 2.11. The molecule has 86 valence electrons. The summed E-state index contributed by atoms with van der Waals surface area (Å²) in [4.78, 5) is 10.7. The predicted octanol–water partition coefficient (Wildman–Crippen LogP) is 0.658. The van der Waals surface area contributed by atoms with Crippen molar-refractivity contribution in [3.05, 3.63) is 0 Å². The Kier molecular flexibility index (Phi) is 6.71. The molecule has 0 aliphatic heterocycles. The number of nitrogens with zero attached hydrogens (tertiary/aromatic N) is 1. The Balaban J connectivity index is 3.75. The van der Waals surface area contributed by atoms with Gasteiger partial charge in [0.15, 0.2) is 0 Å². The molecule has 0 atom stereocenters. The minimum atomic E-state index is -3.12. The summed E-state index contributed by atoms with van der Waals surface area (Å²) in [5, 5.41) is 8.24. The molecule has 0 saturated heterocycles. The minimum Gasteiger partial charge on any atom is -0.469 e. The molecule has 0 amide bonds. The van der Waals surface area contributed by atoms with Crippen molar-refractivity contribution < 1.29 is 17.9 Å². The zero-order valence-electron chi connectivity index (χ0n) is 8.73. The molecule has 0 bridgehead atoms. The van der Waals surface area contributed by atoms with E-state index in [4.69, 9.17) is 5.26 Å². The van der Waals surface area contributed by atoms with Crippen molar-refractivity contribution in [2.75, 3.05) is 18.6 Å². The molecule has 15 heavy (non-hydrogen) atoms. The summed E-state index contributed by atoms with van der Waals surface area (Å²) in [6, 6.07) is 1.89. The fourth-order valence-electron chi connectivity index (χ4n) is 1.01. The number of sulfone groups is 1. The maximum Gasteiger partial charge on any atom is 0.305 e. The van der Waals surface area contributed by atoms with E-state index in [2.05, 4.69) is 4.74 Å². The number of ether oxygens (including phenoxy) is 1. The van der Waals surface area contributed by atoms with Crippen molar-refractivity contribution >= 4 is 15.8 Å². The summed E-state index contributed by atoms with van der Waals surface area (Å²) >= 11 is 0. The number of carbonyl (C=O) groups is 1. The fraction of sp³-hybridized carbons (Fsp3) is 0.778. The average molecular weight is 233 g/mol. The molecule has 0 aliphatic rings. The van der Waals surface area contributed by atoms with E-state index in [9.17, 15) is 13.2 Å². The Morgan fingerprint density at radius 3 is 2.47 bits per heavy atom. The zero-order valence-corrected chi connectivity index (χ0v) is 9.55. The first-order chi connectivity index (χ1) is 7.02. The second kappa shape index (κ2) is 7.23. The first-order valence-electron chi connectivity index (χ1n) is 4.66. The van der Waals surface area contributed by atoms with Gasteiger partial charge in [0.1, 0.15) is 9.84 Å². The lowest BCUT2D eigenvalue weighted by Gasteiger charge is -2.02. The van der Waals surface area contributed by atoms with E-state index in [1.807, 2.05) is 6.07 Å². The largest absolute Gasteiger partial charge is 0.469 e. The second-order valence-electron chi connectivity index (χ2n) is 3.09. The van der Waals surface area contributed by atoms with E-state index in [1.165, 1.54) is 7.11 Å². The van der Waals surface area contributed by atoms with Gasteiger partial charge < -0.3 is 4.74 Å². The lowest BCUT2D eigenvalue weighted by molar-refractivity contribution is -0.140. The number of esters is 1. The Labute approximate surface area is 90.0 Å². The molecule has 0 spiro atoms. The van der Waals surface area contributed by atoms with Crippen molar-refractivity contribution in [3.63, 3.8) is 0 Å². The van der Waals surface area contributed by atoms with Crippen LogP contribution in [0.15, 0.2) is 0 Å². The van der Waals surface area contributed by atoms with Crippen LogP contribution < -0.4 is 0 Å². The van der Waals surface area contributed by atoms with E-state index in [-0.39, 0.29) is 30.8 Å². The van der Waals surface area contributed by atoms with Crippen LogP contribution in [0.3, 0.4) is 0 Å². The second-order valence-corrected chi connectivity index (χ2v) is 5.40. The number of methoxy groups -OCH3 is 1. The summed E-state index contributed by atoms with van der Waals surface area (Å²) < 4.78 is 27.0. The monoisotopic (exact) mass is 233 g/mol. The van der Waals surface area contributed by atoms with Gasteiger partial charge in [-0.2, -0.15) is 5.26 Å². The molecule has 0 unspecified atom stereocenters. The van der Waals surface area contributed by atoms with Crippen LogP contribution in [0.4, 0.5) is 0 Å². The van der Waals surface area contributed by atoms with Crippen molar-refractivity contribution in [2.24, 2.45) is 0 Å². The van der Waals surface area contributed by atoms with Crippen molar-refractivity contribution in [1.82, 2.24) is 0 Å². The number of rotatable bonds is 7. The molecule has 0 aromatic heterocycles. The number of unbranched alkanes of at least 4 members (excludes halogenated alkanes) is 1. The van der Waals surface area contributed by atoms with E-state index in [0.29, 0.717) is 6.42 Å². The van der Waals surface area contributed by atoms with E-state index < -0.39 is 15.8 Å². The van der Waals surface area contributed by atoms with Crippen molar-refractivity contribution in [2.45, 2.75) is 25.7 Å². The Hall–Kier alpha value is -1.09. The number of hydrogen-bond acceptors (Lipinski definition) is 5. The van der Waals surface area contributed by atoms with Gasteiger partial charge in [-0.05, 0) is 12.8 Å². The van der Waals surface area contributed by atoms with Crippen LogP contribution in [-0.4, -0.2) is 33.0 Å². The quantitative estimate of drug-likeness (QED) is 0.476. The van der Waals surface area contributed by atoms with E-state index in [0.717, 1.165) is 0 Å². The van der Waals surface area contributed by atoms with Crippen molar-refractivity contribution in [1.29, 1.82) is 5.26 Å². The van der Waals surface area contributed by atoms with Crippen LogP contribution in [0.25, 0.3) is 0 Å². The summed E-state index contributed by atoms with van der Waals surface area (Å²) in [7, 11) is -1.85. The van der Waals surface area contributed by atoms with Crippen molar-refractivity contribution in [3.8, 4) is 6.07 Å². The first-order valence-corrected chi connectivity index (χ1v) is 6.48. The molecule has 0 N–H and O–H groups in total. The van der Waals surface area contributed by atoms with Gasteiger partial charge in [0.25, 0.3) is 0 Å². The number of carbonyl (C=O) groups excluding carboxylic acids is 1. The molecule has 0 radical (unpaired) electrons. The van der Waals surface area contributed by atoms with Crippen LogP contribution >= 0.6 is 0 Å². The van der Waals surface area contributed by atoms with Gasteiger partial charge >= 0.3 is 5.97 Å². The van der Waals surface area contributed by atoms with Gasteiger partial charge in [0.05, 0.1) is 24.7 Å². The van der Waals surface area contributed by atoms with Gasteiger partial charge in [-0.15, -0.1) is 0 Å². The topological polar surface area (TPSA) is 84.2 Å². The lowest BCUT2D eigenvalue weighted by atomic mass is 10.3. The SMILES string of the molecule is COC(=O)CCCS(=O)(=O)CCCC#N. The third-order valence-electron chi connectivity index (χ3n) is 1.81. The van der Waals surface area contributed by atoms with Gasteiger partial charge in [-0.1, -0.05) is 0 Å². The van der Waals surface area contributed by atoms with Gasteiger partial charge in [0.2, 0.25) is 0 Å². The lowest BCUT2D eigenvalue weighted by Crippen LogP contribution is -2.12. The standard InChI is InChI=1S/C9H15NO4S/c1-14-9(11)5-4-8-15(12,13)7-3-2-6-10/h2-5,7-8H2,1H3. The van der Waals surface area contributed by atoms with Crippen LogP contribution in [0.5, 0.6) is 0 Å². The molecule has 0 aliphatic carbocycles. The normalized spacial score (nSPS) is 10.7. The third-order valence-corrected chi connectivity index (χ3v) is 3.63. The fourth-order valence-corrected chi connectivity index (χ4v) is 2.38. The van der Waals surface area contributed by atoms with Crippen LogP contribution in [0.1, 0.15) is 25.7 Å². The summed E-state index contributed by atoms with van der Waals surface area (Å²) in [5.74, 6) is -0.405. The molecule has 0 saturated carbocycles. The van der Waals surface area contributed by atoms with Gasteiger partial charge in [0, 0.05) is 12.8 Å². The number of nitriles is 1. The van der Waals surface area contributed by atoms with Gasteiger partial charge in [-0.3, -0.25) is 4.79 Å². The number of hydrogen-bond donors (Lipinski definition) is 0. The maximum absolute atomic E-state index is 11.3. The molecule has 6 heteroatoms.